The second-order valence-electron chi connectivity index (χ2n) is 8.82. The minimum absolute atomic E-state index is 0.00298. The van der Waals surface area contributed by atoms with Gasteiger partial charge in [0.05, 0.1) is 11.3 Å². The molecule has 0 bridgehead atoms. The van der Waals surface area contributed by atoms with Crippen LogP contribution in [0.1, 0.15) is 11.1 Å². The highest BCUT2D eigenvalue weighted by Gasteiger charge is 2.20. The van der Waals surface area contributed by atoms with Crippen molar-refractivity contribution in [2.45, 2.75) is 13.0 Å². The molecule has 2 heterocycles. The van der Waals surface area contributed by atoms with Crippen molar-refractivity contribution in [3.8, 4) is 0 Å². The number of amides is 2. The average Bonchev–Trinajstić information content (AvgIpc) is 2.93. The highest BCUT2D eigenvalue weighted by molar-refractivity contribution is 6.27. The van der Waals surface area contributed by atoms with Gasteiger partial charge < -0.3 is 26.2 Å². The number of aromatic nitrogens is 1. The van der Waals surface area contributed by atoms with Crippen LogP contribution in [-0.4, -0.2) is 58.7 Å². The van der Waals surface area contributed by atoms with Crippen LogP contribution in [0.5, 0.6) is 0 Å². The maximum Gasteiger partial charge on any atom is 0.269 e. The Morgan fingerprint density at radius 1 is 1.08 bits per heavy atom. The third-order valence-corrected chi connectivity index (χ3v) is 6.44. The molecule has 2 aromatic carbocycles. The normalized spacial score (nSPS) is 13.2. The van der Waals surface area contributed by atoms with E-state index in [1.54, 1.807) is 29.3 Å². The van der Waals surface area contributed by atoms with Crippen molar-refractivity contribution >= 4 is 52.0 Å². The van der Waals surface area contributed by atoms with Crippen LogP contribution in [0.15, 0.2) is 60.8 Å². The first-order chi connectivity index (χ1) is 18.3. The summed E-state index contributed by atoms with van der Waals surface area (Å²) in [6.07, 6.45) is 1.59. The highest BCUT2D eigenvalue weighted by Crippen LogP contribution is 2.25. The highest BCUT2D eigenvalue weighted by atomic mass is 35.5. The van der Waals surface area contributed by atoms with Gasteiger partial charge in [-0.05, 0) is 29.8 Å². The Morgan fingerprint density at radius 3 is 2.47 bits per heavy atom. The van der Waals surface area contributed by atoms with Gasteiger partial charge in [0.1, 0.15) is 11.7 Å². The van der Waals surface area contributed by atoms with Gasteiger partial charge in [0.15, 0.2) is 0 Å². The van der Waals surface area contributed by atoms with E-state index in [1.165, 1.54) is 12.1 Å². The predicted molar refractivity (Wildman–Crippen MR) is 147 cm³/mol. The summed E-state index contributed by atoms with van der Waals surface area (Å²) in [5, 5.41) is 17.6. The Morgan fingerprint density at radius 2 is 1.82 bits per heavy atom. The Labute approximate surface area is 224 Å². The zero-order valence-electron chi connectivity index (χ0n) is 20.6. The molecular formula is C26H28ClN7O4. The fourth-order valence-electron chi connectivity index (χ4n) is 4.22. The van der Waals surface area contributed by atoms with Crippen molar-refractivity contribution in [1.29, 1.82) is 0 Å². The molecule has 0 atom stereocenters. The van der Waals surface area contributed by atoms with Crippen molar-refractivity contribution in [3.63, 3.8) is 0 Å². The second kappa shape index (κ2) is 12.2. The Hall–Kier alpha value is -4.38. The maximum absolute atomic E-state index is 11.8. The van der Waals surface area contributed by atoms with Gasteiger partial charge in [-0.15, -0.1) is 11.6 Å². The van der Waals surface area contributed by atoms with E-state index in [1.807, 2.05) is 24.3 Å². The van der Waals surface area contributed by atoms with E-state index in [2.05, 4.69) is 20.5 Å². The number of nitro groups is 1. The molecule has 1 fully saturated rings. The zero-order chi connectivity index (χ0) is 27.1. The van der Waals surface area contributed by atoms with Crippen LogP contribution >= 0.6 is 11.6 Å². The number of primary amides is 1. The number of piperazine rings is 1. The second-order valence-corrected chi connectivity index (χ2v) is 9.09. The number of hydrogen-bond acceptors (Lipinski definition) is 8. The number of carbonyl (C=O) groups is 2. The van der Waals surface area contributed by atoms with E-state index >= 15 is 0 Å². The van der Waals surface area contributed by atoms with Crippen LogP contribution in [0, 0.1) is 10.1 Å². The summed E-state index contributed by atoms with van der Waals surface area (Å²) >= 11 is 5.66. The van der Waals surface area contributed by atoms with E-state index in [4.69, 9.17) is 17.3 Å². The van der Waals surface area contributed by atoms with Crippen LogP contribution in [0.25, 0.3) is 0 Å². The van der Waals surface area contributed by atoms with Crippen molar-refractivity contribution in [2.24, 2.45) is 5.73 Å². The molecular weight excluding hydrogens is 510 g/mol. The van der Waals surface area contributed by atoms with Crippen LogP contribution in [-0.2, 0) is 22.6 Å². The topological polar surface area (TPSA) is 147 Å². The molecule has 12 heteroatoms. The molecule has 1 aromatic heterocycles. The Kier molecular flexibility index (Phi) is 8.59. The van der Waals surface area contributed by atoms with E-state index in [9.17, 15) is 19.7 Å². The molecule has 2 amide bonds. The number of nitrogens with one attached hydrogen (secondary N) is 2. The zero-order valence-corrected chi connectivity index (χ0v) is 21.4. The predicted octanol–water partition coefficient (Wildman–Crippen LogP) is 3.26. The summed E-state index contributed by atoms with van der Waals surface area (Å²) < 4.78 is 0. The Bertz CT molecular complexity index is 1310. The number of carbonyl (C=O) groups excluding carboxylic acids is 2. The van der Waals surface area contributed by atoms with Crippen LogP contribution < -0.4 is 21.3 Å². The fourth-order valence-corrected chi connectivity index (χ4v) is 4.39. The SMILES string of the molecule is NC(=O)Cc1cnc(Nc2ccc(N3CCN(C(=O)CCl)CC3)cc2)cc1NCc1cccc([N+](=O)[O-])c1. The number of pyridine rings is 1. The van der Waals surface area contributed by atoms with E-state index in [0.717, 1.165) is 30.0 Å². The smallest absolute Gasteiger partial charge is 0.269 e. The fraction of sp³-hybridized carbons (Fsp3) is 0.269. The van der Waals surface area contributed by atoms with E-state index in [-0.39, 0.29) is 23.9 Å². The summed E-state index contributed by atoms with van der Waals surface area (Å²) in [5.74, 6) is 0.0263. The number of benzene rings is 2. The lowest BCUT2D eigenvalue weighted by Gasteiger charge is -2.36. The van der Waals surface area contributed by atoms with E-state index in [0.29, 0.717) is 36.7 Å². The number of rotatable bonds is 10. The molecule has 4 rings (SSSR count). The van der Waals surface area contributed by atoms with Crippen LogP contribution in [0.3, 0.4) is 0 Å². The van der Waals surface area contributed by atoms with Crippen LogP contribution in [0.4, 0.5) is 28.6 Å². The molecule has 11 nitrogen and oxygen atoms in total. The van der Waals surface area contributed by atoms with Gasteiger partial charge in [-0.2, -0.15) is 0 Å². The first kappa shape index (κ1) is 26.7. The molecule has 0 spiro atoms. The summed E-state index contributed by atoms with van der Waals surface area (Å²) in [7, 11) is 0. The van der Waals surface area contributed by atoms with Gasteiger partial charge in [0.25, 0.3) is 5.69 Å². The number of non-ortho nitro benzene ring substituents is 1. The molecule has 4 N–H and O–H groups in total. The molecule has 1 saturated heterocycles. The molecule has 198 valence electrons. The molecule has 0 radical (unpaired) electrons. The number of hydrogen-bond donors (Lipinski definition) is 3. The standard InChI is InChI=1S/C26H28ClN7O4/c27-15-26(36)33-10-8-32(9-11-33)21-6-4-20(5-7-21)31-25-14-23(19(17-30-25)13-24(28)35)29-16-18-2-1-3-22(12-18)34(37)38/h1-7,12,14,17H,8-11,13,15-16H2,(H2,28,35)(H2,29,30,31). The summed E-state index contributed by atoms with van der Waals surface area (Å²) in [6.45, 7) is 3.06. The lowest BCUT2D eigenvalue weighted by molar-refractivity contribution is -0.384. The van der Waals surface area contributed by atoms with Crippen molar-refractivity contribution in [1.82, 2.24) is 9.88 Å². The van der Waals surface area contributed by atoms with Gasteiger partial charge in [-0.3, -0.25) is 19.7 Å². The van der Waals surface area contributed by atoms with Gasteiger partial charge in [0.2, 0.25) is 11.8 Å². The first-order valence-corrected chi connectivity index (χ1v) is 12.6. The molecule has 1 aliphatic heterocycles. The molecule has 1 aliphatic rings. The molecule has 0 aliphatic carbocycles. The van der Waals surface area contributed by atoms with Gasteiger partial charge in [0, 0.05) is 79.7 Å². The number of anilines is 4. The summed E-state index contributed by atoms with van der Waals surface area (Å²) in [5.41, 5.74) is 9.28. The molecule has 0 unspecified atom stereocenters. The van der Waals surface area contributed by atoms with E-state index < -0.39 is 10.8 Å². The number of nitrogens with two attached hydrogens (primary N) is 1. The number of halogens is 1. The van der Waals surface area contributed by atoms with Gasteiger partial charge >= 0.3 is 0 Å². The van der Waals surface area contributed by atoms with Gasteiger partial charge in [-0.1, -0.05) is 12.1 Å². The maximum atomic E-state index is 11.8. The third-order valence-electron chi connectivity index (χ3n) is 6.21. The molecule has 3 aromatic rings. The number of nitrogens with zero attached hydrogens (tertiary/aromatic N) is 4. The summed E-state index contributed by atoms with van der Waals surface area (Å²) in [4.78, 5) is 42.4. The number of nitro benzene ring substituents is 1. The van der Waals surface area contributed by atoms with Crippen molar-refractivity contribution in [3.05, 3.63) is 82.0 Å². The number of alkyl halides is 1. The Balaban J connectivity index is 1.43. The monoisotopic (exact) mass is 537 g/mol. The lowest BCUT2D eigenvalue weighted by atomic mass is 10.1. The molecule has 38 heavy (non-hydrogen) atoms. The van der Waals surface area contributed by atoms with Crippen LogP contribution in [0.2, 0.25) is 0 Å². The average molecular weight is 538 g/mol. The van der Waals surface area contributed by atoms with Gasteiger partial charge in [-0.25, -0.2) is 4.98 Å². The van der Waals surface area contributed by atoms with Crippen molar-refractivity contribution in [2.75, 3.05) is 47.6 Å². The minimum atomic E-state index is -0.491. The largest absolute Gasteiger partial charge is 0.381 e. The minimum Gasteiger partial charge on any atom is -0.381 e. The lowest BCUT2D eigenvalue weighted by Crippen LogP contribution is -2.49. The molecule has 0 saturated carbocycles. The first-order valence-electron chi connectivity index (χ1n) is 12.0. The quantitative estimate of drug-likeness (QED) is 0.203. The van der Waals surface area contributed by atoms with Crippen molar-refractivity contribution < 1.29 is 14.5 Å². The summed E-state index contributed by atoms with van der Waals surface area (Å²) in [6, 6.07) is 16.0. The third kappa shape index (κ3) is 6.88.